The lowest BCUT2D eigenvalue weighted by Gasteiger charge is -2.14. The number of nitrogens with one attached hydrogen (secondary N) is 1. The summed E-state index contributed by atoms with van der Waals surface area (Å²) in [4.78, 5) is 10.4. The van der Waals surface area contributed by atoms with E-state index in [1.165, 1.54) is 0 Å². The van der Waals surface area contributed by atoms with E-state index in [-0.39, 0.29) is 18.4 Å². The Balaban J connectivity index is 2.90. The normalized spacial score (nSPS) is 11.7. The molecule has 0 aliphatic rings. The molecule has 1 rings (SSSR count). The van der Waals surface area contributed by atoms with Crippen LogP contribution in [0, 0.1) is 28.8 Å². The van der Waals surface area contributed by atoms with Gasteiger partial charge in [0.25, 0.3) is 0 Å². The second kappa shape index (κ2) is 5.91. The molecule has 2 N–H and O–H groups in total. The van der Waals surface area contributed by atoms with Crippen LogP contribution >= 0.6 is 0 Å². The molecule has 4 nitrogen and oxygen atoms in total. The number of carboxylic acid groups (broad SMARTS) is 1. The van der Waals surface area contributed by atoms with Crippen LogP contribution in [0.15, 0.2) is 12.1 Å². The first-order chi connectivity index (χ1) is 8.43. The van der Waals surface area contributed by atoms with Crippen molar-refractivity contribution in [2.24, 2.45) is 0 Å². The molecule has 0 spiro atoms. The first kappa shape index (κ1) is 13.8. The first-order valence-corrected chi connectivity index (χ1v) is 4.94. The molecular formula is C11H9F3N2O2. The fraction of sp³-hybridized carbons (Fsp3) is 0.273. The van der Waals surface area contributed by atoms with Gasteiger partial charge in [-0.05, 0) is 18.1 Å². The average molecular weight is 258 g/mol. The zero-order chi connectivity index (χ0) is 13.7. The van der Waals surface area contributed by atoms with E-state index in [1.807, 2.05) is 5.32 Å². The second-order valence-electron chi connectivity index (χ2n) is 3.57. The summed E-state index contributed by atoms with van der Waals surface area (Å²) < 4.78 is 38.9. The van der Waals surface area contributed by atoms with Crippen LogP contribution in [0.2, 0.25) is 0 Å². The van der Waals surface area contributed by atoms with Gasteiger partial charge in [0.1, 0.15) is 5.82 Å². The van der Waals surface area contributed by atoms with Crippen molar-refractivity contribution in [3.8, 4) is 6.07 Å². The summed E-state index contributed by atoms with van der Waals surface area (Å²) in [5.41, 5.74) is -0.192. The highest BCUT2D eigenvalue weighted by Crippen LogP contribution is 2.16. The maximum absolute atomic E-state index is 13.3. The molecule has 0 saturated carbocycles. The predicted octanol–water partition coefficient (Wildman–Crippen LogP) is 2.20. The van der Waals surface area contributed by atoms with Gasteiger partial charge < -0.3 is 10.4 Å². The van der Waals surface area contributed by atoms with E-state index in [1.54, 1.807) is 6.07 Å². The molecule has 0 bridgehead atoms. The van der Waals surface area contributed by atoms with Crippen molar-refractivity contribution in [2.45, 2.75) is 18.9 Å². The summed E-state index contributed by atoms with van der Waals surface area (Å²) in [6.45, 7) is 0. The third kappa shape index (κ3) is 3.66. The summed E-state index contributed by atoms with van der Waals surface area (Å²) in [6, 6.07) is 1.88. The van der Waals surface area contributed by atoms with Gasteiger partial charge >= 0.3 is 6.09 Å². The van der Waals surface area contributed by atoms with Gasteiger partial charge in [-0.2, -0.15) is 5.26 Å². The van der Waals surface area contributed by atoms with Gasteiger partial charge in [-0.3, -0.25) is 0 Å². The smallest absolute Gasteiger partial charge is 0.404 e. The molecule has 0 heterocycles. The van der Waals surface area contributed by atoms with E-state index in [4.69, 9.17) is 10.4 Å². The van der Waals surface area contributed by atoms with Gasteiger partial charge in [-0.1, -0.05) is 0 Å². The Hall–Kier alpha value is -2.23. The van der Waals surface area contributed by atoms with Gasteiger partial charge in [0.2, 0.25) is 0 Å². The van der Waals surface area contributed by atoms with Gasteiger partial charge in [-0.25, -0.2) is 18.0 Å². The minimum atomic E-state index is -1.38. The average Bonchev–Trinajstić information content (AvgIpc) is 2.25. The lowest BCUT2D eigenvalue weighted by molar-refractivity contribution is 0.190. The third-order valence-electron chi connectivity index (χ3n) is 2.22. The maximum Gasteiger partial charge on any atom is 0.404 e. The molecular weight excluding hydrogens is 249 g/mol. The molecule has 1 aromatic carbocycles. The standard InChI is InChI=1S/C11H9F3N2O2/c12-8-5-10(14)9(13)4-6(8)3-7(1-2-15)16-11(17)18/h4-5,7,16H,1,3H2,(H,17,18). The Kier molecular flexibility index (Phi) is 4.54. The number of halogens is 3. The molecule has 0 aliphatic heterocycles. The SMILES string of the molecule is N#CCC(Cc1cc(F)c(F)cc1F)NC(=O)O. The van der Waals surface area contributed by atoms with E-state index in [2.05, 4.69) is 0 Å². The summed E-state index contributed by atoms with van der Waals surface area (Å²) in [7, 11) is 0. The molecule has 0 fully saturated rings. The monoisotopic (exact) mass is 258 g/mol. The molecule has 18 heavy (non-hydrogen) atoms. The summed E-state index contributed by atoms with van der Waals surface area (Å²) in [5.74, 6) is -3.53. The minimum absolute atomic E-state index is 0.192. The van der Waals surface area contributed by atoms with E-state index < -0.39 is 29.6 Å². The van der Waals surface area contributed by atoms with Crippen molar-refractivity contribution in [1.82, 2.24) is 5.32 Å². The van der Waals surface area contributed by atoms with Crippen molar-refractivity contribution in [1.29, 1.82) is 5.26 Å². The van der Waals surface area contributed by atoms with Crippen LogP contribution in [-0.2, 0) is 6.42 Å². The van der Waals surface area contributed by atoms with Gasteiger partial charge in [0.05, 0.1) is 12.5 Å². The van der Waals surface area contributed by atoms with E-state index in [0.29, 0.717) is 12.1 Å². The van der Waals surface area contributed by atoms with Crippen LogP contribution in [0.4, 0.5) is 18.0 Å². The van der Waals surface area contributed by atoms with Crippen LogP contribution < -0.4 is 5.32 Å². The van der Waals surface area contributed by atoms with Crippen LogP contribution in [0.1, 0.15) is 12.0 Å². The molecule has 1 amide bonds. The highest BCUT2D eigenvalue weighted by atomic mass is 19.2. The zero-order valence-electron chi connectivity index (χ0n) is 9.08. The van der Waals surface area contributed by atoms with Gasteiger partial charge in [0, 0.05) is 12.1 Å². The number of nitrogens with zero attached hydrogens (tertiary/aromatic N) is 1. The molecule has 1 aromatic rings. The Labute approximate surface area is 101 Å². The minimum Gasteiger partial charge on any atom is -0.465 e. The Morgan fingerprint density at radius 3 is 2.50 bits per heavy atom. The maximum atomic E-state index is 13.3. The lowest BCUT2D eigenvalue weighted by atomic mass is 10.0. The fourth-order valence-electron chi connectivity index (χ4n) is 1.44. The van der Waals surface area contributed by atoms with Crippen molar-refractivity contribution in [3.63, 3.8) is 0 Å². The Bertz CT molecular complexity index is 500. The van der Waals surface area contributed by atoms with Crippen molar-refractivity contribution < 1.29 is 23.1 Å². The summed E-state index contributed by atoms with van der Waals surface area (Å²) in [6.07, 6.45) is -1.81. The number of benzene rings is 1. The number of rotatable bonds is 4. The molecule has 0 radical (unpaired) electrons. The summed E-state index contributed by atoms with van der Waals surface area (Å²) >= 11 is 0. The summed E-state index contributed by atoms with van der Waals surface area (Å²) in [5, 5.41) is 19.0. The highest BCUT2D eigenvalue weighted by molar-refractivity contribution is 5.64. The quantitative estimate of drug-likeness (QED) is 0.813. The van der Waals surface area contributed by atoms with E-state index in [9.17, 15) is 18.0 Å². The Morgan fingerprint density at radius 1 is 1.33 bits per heavy atom. The number of hydrogen-bond acceptors (Lipinski definition) is 2. The largest absolute Gasteiger partial charge is 0.465 e. The van der Waals surface area contributed by atoms with Crippen LogP contribution in [-0.4, -0.2) is 17.2 Å². The molecule has 0 saturated heterocycles. The molecule has 7 heteroatoms. The van der Waals surface area contributed by atoms with Crippen LogP contribution in [0.5, 0.6) is 0 Å². The number of hydrogen-bond donors (Lipinski definition) is 2. The van der Waals surface area contributed by atoms with E-state index in [0.717, 1.165) is 0 Å². The molecule has 1 atom stereocenters. The molecule has 1 unspecified atom stereocenters. The Morgan fingerprint density at radius 2 is 1.94 bits per heavy atom. The number of carbonyl (C=O) groups is 1. The van der Waals surface area contributed by atoms with Crippen LogP contribution in [0.3, 0.4) is 0 Å². The number of nitriles is 1. The van der Waals surface area contributed by atoms with E-state index >= 15 is 0 Å². The molecule has 0 aliphatic carbocycles. The molecule has 0 aromatic heterocycles. The van der Waals surface area contributed by atoms with Crippen molar-refractivity contribution >= 4 is 6.09 Å². The van der Waals surface area contributed by atoms with Gasteiger partial charge in [0.15, 0.2) is 11.6 Å². The third-order valence-corrected chi connectivity index (χ3v) is 2.22. The predicted molar refractivity (Wildman–Crippen MR) is 55.2 cm³/mol. The topological polar surface area (TPSA) is 73.1 Å². The van der Waals surface area contributed by atoms with Gasteiger partial charge in [-0.15, -0.1) is 0 Å². The van der Waals surface area contributed by atoms with Crippen molar-refractivity contribution in [3.05, 3.63) is 35.1 Å². The lowest BCUT2D eigenvalue weighted by Crippen LogP contribution is -2.35. The highest BCUT2D eigenvalue weighted by Gasteiger charge is 2.16. The zero-order valence-corrected chi connectivity index (χ0v) is 9.08. The van der Waals surface area contributed by atoms with Crippen molar-refractivity contribution in [2.75, 3.05) is 0 Å². The second-order valence-corrected chi connectivity index (χ2v) is 3.57. The first-order valence-electron chi connectivity index (χ1n) is 4.94. The number of amides is 1. The fourth-order valence-corrected chi connectivity index (χ4v) is 1.44. The van der Waals surface area contributed by atoms with Crippen LogP contribution in [0.25, 0.3) is 0 Å². The molecule has 96 valence electrons.